The minimum atomic E-state index is -2.25. The molecular formula is C28H29F2N7O. The van der Waals surface area contributed by atoms with Crippen LogP contribution in [0.3, 0.4) is 0 Å². The Morgan fingerprint density at radius 3 is 2.53 bits per heavy atom. The summed E-state index contributed by atoms with van der Waals surface area (Å²) in [6, 6.07) is 13.6. The van der Waals surface area contributed by atoms with Crippen molar-refractivity contribution in [3.63, 3.8) is 0 Å². The van der Waals surface area contributed by atoms with Crippen LogP contribution < -0.4 is 15.5 Å². The quantitative estimate of drug-likeness (QED) is 0.499. The van der Waals surface area contributed by atoms with Gasteiger partial charge in [-0.05, 0) is 49.1 Å². The number of hydrogen-bond donors (Lipinski definition) is 2. The van der Waals surface area contributed by atoms with E-state index in [1.165, 1.54) is 0 Å². The molecule has 3 fully saturated rings. The van der Waals surface area contributed by atoms with Crippen molar-refractivity contribution in [3.05, 3.63) is 54.4 Å². The van der Waals surface area contributed by atoms with Gasteiger partial charge in [0.05, 0.1) is 17.9 Å². The van der Waals surface area contributed by atoms with E-state index in [-0.39, 0.29) is 5.75 Å². The highest BCUT2D eigenvalue weighted by Gasteiger charge is 2.41. The second-order valence-electron chi connectivity index (χ2n) is 10.2. The zero-order valence-electron chi connectivity index (χ0n) is 20.8. The standard InChI is InChI=1S/C28H29F2N7O/c29-27(30)18-14-35(15-18)11-3-4-19-12-20(9-10-32-19)37-21-7-8-22(37)17-36(16-21)25-13-24(33-34-28(25)31)23-5-1-2-6-26(23)38/h1-2,5-6,9-10,12-13,18,21-22,27,38H,7-8,11,14-17H2,(H2,31,34). The molecule has 3 saturated heterocycles. The largest absolute Gasteiger partial charge is 0.507 e. The van der Waals surface area contributed by atoms with Crippen LogP contribution in [0.25, 0.3) is 11.3 Å². The molecule has 3 aliphatic heterocycles. The molecule has 3 aliphatic rings. The normalized spacial score (nSPS) is 21.3. The molecule has 5 heterocycles. The van der Waals surface area contributed by atoms with Crippen molar-refractivity contribution >= 4 is 17.2 Å². The van der Waals surface area contributed by atoms with Crippen LogP contribution in [0.15, 0.2) is 48.7 Å². The van der Waals surface area contributed by atoms with Crippen LogP contribution in [-0.4, -0.2) is 76.4 Å². The Hall–Kier alpha value is -3.97. The number of para-hydroxylation sites is 1. The number of alkyl halides is 2. The number of rotatable bonds is 5. The number of phenols is 1. The first-order valence-corrected chi connectivity index (χ1v) is 12.9. The van der Waals surface area contributed by atoms with E-state index in [1.54, 1.807) is 18.3 Å². The fraction of sp³-hybridized carbons (Fsp3) is 0.393. The summed E-state index contributed by atoms with van der Waals surface area (Å²) in [7, 11) is 0. The molecule has 38 heavy (non-hydrogen) atoms. The van der Waals surface area contributed by atoms with Gasteiger partial charge in [0.1, 0.15) is 11.4 Å². The number of halogens is 2. The lowest BCUT2D eigenvalue weighted by molar-refractivity contribution is -0.0177. The molecule has 3 aromatic rings. The molecule has 2 atom stereocenters. The third kappa shape index (κ3) is 4.70. The number of nitrogen functional groups attached to an aromatic ring is 1. The molecule has 2 unspecified atom stereocenters. The van der Waals surface area contributed by atoms with Gasteiger partial charge in [-0.15, -0.1) is 10.2 Å². The average Bonchev–Trinajstić information content (AvgIpc) is 3.15. The zero-order valence-corrected chi connectivity index (χ0v) is 20.8. The fourth-order valence-electron chi connectivity index (χ4n) is 5.78. The minimum Gasteiger partial charge on any atom is -0.507 e. The summed E-state index contributed by atoms with van der Waals surface area (Å²) in [4.78, 5) is 11.1. The molecular weight excluding hydrogens is 488 g/mol. The average molecular weight is 518 g/mol. The highest BCUT2D eigenvalue weighted by atomic mass is 19.3. The first kappa shape index (κ1) is 24.4. The van der Waals surface area contributed by atoms with Crippen molar-refractivity contribution in [2.75, 3.05) is 48.3 Å². The predicted molar refractivity (Wildman–Crippen MR) is 142 cm³/mol. The minimum absolute atomic E-state index is 0.154. The summed E-state index contributed by atoms with van der Waals surface area (Å²) in [6.45, 7) is 2.85. The number of fused-ring (bicyclic) bond motifs is 2. The van der Waals surface area contributed by atoms with E-state index < -0.39 is 12.3 Å². The number of nitrogens with two attached hydrogens (primary N) is 1. The van der Waals surface area contributed by atoms with Gasteiger partial charge in [0.2, 0.25) is 6.43 Å². The van der Waals surface area contributed by atoms with Crippen LogP contribution in [0.4, 0.5) is 26.0 Å². The molecule has 2 bridgehead atoms. The third-order valence-corrected chi connectivity index (χ3v) is 7.71. The highest BCUT2D eigenvalue weighted by molar-refractivity contribution is 5.74. The summed E-state index contributed by atoms with van der Waals surface area (Å²) in [5, 5.41) is 18.7. The summed E-state index contributed by atoms with van der Waals surface area (Å²) < 4.78 is 25.3. The number of likely N-dealkylation sites (tertiary alicyclic amines) is 1. The SMILES string of the molecule is Nc1nnc(-c2ccccc2O)cc1N1CC2CCC(C1)N2c1ccnc(C#CCN2CC(C(F)F)C2)c1. The van der Waals surface area contributed by atoms with Gasteiger partial charge in [-0.2, -0.15) is 0 Å². The number of piperazine rings is 1. The van der Waals surface area contributed by atoms with Crippen LogP contribution in [0.1, 0.15) is 18.5 Å². The molecule has 8 nitrogen and oxygen atoms in total. The fourth-order valence-corrected chi connectivity index (χ4v) is 5.78. The number of hydrogen-bond acceptors (Lipinski definition) is 8. The van der Waals surface area contributed by atoms with Gasteiger partial charge < -0.3 is 20.6 Å². The van der Waals surface area contributed by atoms with E-state index in [4.69, 9.17) is 5.73 Å². The Labute approximate surface area is 220 Å². The Morgan fingerprint density at radius 1 is 1.03 bits per heavy atom. The molecule has 6 rings (SSSR count). The molecule has 0 spiro atoms. The van der Waals surface area contributed by atoms with Crippen LogP contribution in [-0.2, 0) is 0 Å². The van der Waals surface area contributed by atoms with Crippen molar-refractivity contribution in [1.82, 2.24) is 20.1 Å². The topological polar surface area (TPSA) is 94.6 Å². The van der Waals surface area contributed by atoms with Gasteiger partial charge >= 0.3 is 0 Å². The van der Waals surface area contributed by atoms with Crippen LogP contribution in [0.2, 0.25) is 0 Å². The Bertz CT molecular complexity index is 1370. The lowest BCUT2D eigenvalue weighted by atomic mass is 10.0. The monoisotopic (exact) mass is 517 g/mol. The van der Waals surface area contributed by atoms with E-state index in [0.717, 1.165) is 37.3 Å². The molecule has 0 aliphatic carbocycles. The third-order valence-electron chi connectivity index (χ3n) is 7.71. The number of aromatic hydroxyl groups is 1. The Balaban J connectivity index is 1.16. The summed E-state index contributed by atoms with van der Waals surface area (Å²) in [5.41, 5.74) is 10.1. The van der Waals surface area contributed by atoms with Crippen molar-refractivity contribution in [2.24, 2.45) is 5.92 Å². The first-order chi connectivity index (χ1) is 18.5. The second-order valence-corrected chi connectivity index (χ2v) is 10.2. The van der Waals surface area contributed by atoms with Gasteiger partial charge in [-0.3, -0.25) is 4.90 Å². The maximum Gasteiger partial charge on any atom is 0.243 e. The van der Waals surface area contributed by atoms with Crippen molar-refractivity contribution < 1.29 is 13.9 Å². The van der Waals surface area contributed by atoms with Crippen LogP contribution in [0, 0.1) is 17.8 Å². The molecule has 2 aromatic heterocycles. The number of pyridine rings is 1. The van der Waals surface area contributed by atoms with E-state index in [9.17, 15) is 13.9 Å². The lowest BCUT2D eigenvalue weighted by Crippen LogP contribution is -2.54. The molecule has 1 aromatic carbocycles. The molecule has 196 valence electrons. The number of benzene rings is 1. The number of nitrogens with zero attached hydrogens (tertiary/aromatic N) is 6. The number of aromatic nitrogens is 3. The zero-order chi connectivity index (χ0) is 26.2. The molecule has 10 heteroatoms. The van der Waals surface area contributed by atoms with Gasteiger partial charge in [0, 0.05) is 61.6 Å². The smallest absolute Gasteiger partial charge is 0.243 e. The van der Waals surface area contributed by atoms with Gasteiger partial charge in [-0.25, -0.2) is 13.8 Å². The lowest BCUT2D eigenvalue weighted by Gasteiger charge is -2.43. The number of anilines is 3. The van der Waals surface area contributed by atoms with E-state index in [2.05, 4.69) is 36.8 Å². The molecule has 3 N–H and O–H groups in total. The van der Waals surface area contributed by atoms with E-state index >= 15 is 0 Å². The molecule has 0 radical (unpaired) electrons. The number of phenolic OH excluding ortho intramolecular Hbond substituents is 1. The van der Waals surface area contributed by atoms with E-state index in [0.29, 0.717) is 54.5 Å². The first-order valence-electron chi connectivity index (χ1n) is 12.9. The maximum absolute atomic E-state index is 12.7. The highest BCUT2D eigenvalue weighted by Crippen LogP contribution is 2.39. The summed E-state index contributed by atoms with van der Waals surface area (Å²) in [6.07, 6.45) is 1.66. The van der Waals surface area contributed by atoms with Crippen molar-refractivity contribution in [2.45, 2.75) is 31.4 Å². The van der Waals surface area contributed by atoms with Crippen molar-refractivity contribution in [3.8, 4) is 28.8 Å². The predicted octanol–water partition coefficient (Wildman–Crippen LogP) is 3.23. The Kier molecular flexibility index (Phi) is 6.45. The van der Waals surface area contributed by atoms with Gasteiger partial charge in [0.25, 0.3) is 0 Å². The maximum atomic E-state index is 12.7. The van der Waals surface area contributed by atoms with Crippen LogP contribution >= 0.6 is 0 Å². The van der Waals surface area contributed by atoms with E-state index in [1.807, 2.05) is 35.2 Å². The second kappa shape index (κ2) is 10.1. The molecule has 0 saturated carbocycles. The van der Waals surface area contributed by atoms with Gasteiger partial charge in [0.15, 0.2) is 5.82 Å². The van der Waals surface area contributed by atoms with Crippen molar-refractivity contribution in [1.29, 1.82) is 0 Å². The Morgan fingerprint density at radius 2 is 1.79 bits per heavy atom. The summed E-state index contributed by atoms with van der Waals surface area (Å²) >= 11 is 0. The van der Waals surface area contributed by atoms with Crippen LogP contribution in [0.5, 0.6) is 5.75 Å². The molecule has 0 amide bonds. The van der Waals surface area contributed by atoms with Gasteiger partial charge in [-0.1, -0.05) is 18.1 Å². The summed E-state index contributed by atoms with van der Waals surface area (Å²) in [5.74, 6) is 6.20.